The van der Waals surface area contributed by atoms with Gasteiger partial charge in [0, 0.05) is 25.7 Å². The quantitative estimate of drug-likeness (QED) is 0.682. The van der Waals surface area contributed by atoms with Crippen LogP contribution >= 0.6 is 0 Å². The Balaban J connectivity index is 1.63. The Hall–Kier alpha value is -0.610. The smallest absolute Gasteiger partial charge is 0.239 e. The van der Waals surface area contributed by atoms with Crippen molar-refractivity contribution in [1.29, 1.82) is 0 Å². The van der Waals surface area contributed by atoms with Crippen LogP contribution in [0.15, 0.2) is 0 Å². The molecule has 1 heterocycles. The minimum Gasteiger partial charge on any atom is -0.380 e. The van der Waals surface area contributed by atoms with Crippen LogP contribution in [0.25, 0.3) is 0 Å². The van der Waals surface area contributed by atoms with Crippen molar-refractivity contribution in [2.24, 2.45) is 5.92 Å². The Morgan fingerprint density at radius 1 is 1.32 bits per heavy atom. The molecular weight excluding hydrogens is 240 g/mol. The summed E-state index contributed by atoms with van der Waals surface area (Å²) >= 11 is 0. The molecule has 1 unspecified atom stereocenters. The van der Waals surface area contributed by atoms with E-state index in [4.69, 9.17) is 4.74 Å². The van der Waals surface area contributed by atoms with Gasteiger partial charge >= 0.3 is 0 Å². The third-order valence-corrected chi connectivity index (χ3v) is 3.89. The van der Waals surface area contributed by atoms with Gasteiger partial charge in [0.2, 0.25) is 5.91 Å². The molecule has 1 aliphatic carbocycles. The van der Waals surface area contributed by atoms with E-state index in [-0.39, 0.29) is 11.9 Å². The van der Waals surface area contributed by atoms with E-state index in [9.17, 15) is 4.79 Å². The molecule has 4 heteroatoms. The van der Waals surface area contributed by atoms with Gasteiger partial charge < -0.3 is 15.0 Å². The van der Waals surface area contributed by atoms with E-state index >= 15 is 0 Å². The van der Waals surface area contributed by atoms with Gasteiger partial charge in [0.15, 0.2) is 0 Å². The lowest BCUT2D eigenvalue weighted by atomic mass is 10.0. The molecule has 2 aliphatic rings. The fourth-order valence-corrected chi connectivity index (χ4v) is 2.45. The van der Waals surface area contributed by atoms with Crippen molar-refractivity contribution in [3.63, 3.8) is 0 Å². The molecule has 0 aromatic heterocycles. The van der Waals surface area contributed by atoms with Crippen LogP contribution in [0.5, 0.6) is 0 Å². The third kappa shape index (κ3) is 5.11. The zero-order valence-corrected chi connectivity index (χ0v) is 12.4. The summed E-state index contributed by atoms with van der Waals surface area (Å²) in [7, 11) is 0. The number of likely N-dealkylation sites (tertiary alicyclic amines) is 1. The Labute approximate surface area is 116 Å². The van der Waals surface area contributed by atoms with E-state index in [1.807, 2.05) is 4.90 Å². The van der Waals surface area contributed by atoms with Gasteiger partial charge in [-0.1, -0.05) is 13.8 Å². The van der Waals surface area contributed by atoms with Crippen molar-refractivity contribution in [2.45, 2.75) is 58.0 Å². The predicted molar refractivity (Wildman–Crippen MR) is 76.0 cm³/mol. The molecule has 4 nitrogen and oxygen atoms in total. The maximum absolute atomic E-state index is 12.3. The number of carbonyl (C=O) groups excluding carboxylic acids is 1. The fourth-order valence-electron chi connectivity index (χ4n) is 2.45. The van der Waals surface area contributed by atoms with E-state index in [2.05, 4.69) is 19.2 Å². The Morgan fingerprint density at radius 3 is 2.79 bits per heavy atom. The third-order valence-electron chi connectivity index (χ3n) is 3.89. The molecule has 0 bridgehead atoms. The summed E-state index contributed by atoms with van der Waals surface area (Å²) in [5.41, 5.74) is 0. The van der Waals surface area contributed by atoms with Gasteiger partial charge in [0.25, 0.3) is 0 Å². The molecule has 2 rings (SSSR count). The van der Waals surface area contributed by atoms with Gasteiger partial charge in [0.05, 0.1) is 12.6 Å². The summed E-state index contributed by atoms with van der Waals surface area (Å²) in [4.78, 5) is 14.2. The SMILES string of the molecule is CC(C)CCOCCN1CCCC(NC2CC2)C1=O. The molecule has 0 aromatic carbocycles. The van der Waals surface area contributed by atoms with Crippen LogP contribution in [0.4, 0.5) is 0 Å². The number of ether oxygens (including phenoxy) is 1. The number of piperidine rings is 1. The van der Waals surface area contributed by atoms with Crippen LogP contribution in [0, 0.1) is 5.92 Å². The summed E-state index contributed by atoms with van der Waals surface area (Å²) < 4.78 is 5.61. The summed E-state index contributed by atoms with van der Waals surface area (Å²) in [6.07, 6.45) is 5.69. The van der Waals surface area contributed by atoms with Crippen molar-refractivity contribution in [1.82, 2.24) is 10.2 Å². The van der Waals surface area contributed by atoms with Crippen LogP contribution in [-0.2, 0) is 9.53 Å². The van der Waals surface area contributed by atoms with Gasteiger partial charge in [-0.25, -0.2) is 0 Å². The maximum atomic E-state index is 12.3. The molecular formula is C15H28N2O2. The molecule has 0 spiro atoms. The second-order valence-corrected chi connectivity index (χ2v) is 6.26. The van der Waals surface area contributed by atoms with Crippen LogP contribution in [0.1, 0.15) is 46.0 Å². The fraction of sp³-hybridized carbons (Fsp3) is 0.933. The monoisotopic (exact) mass is 268 g/mol. The second kappa shape index (κ2) is 7.25. The van der Waals surface area contributed by atoms with Crippen molar-refractivity contribution in [3.05, 3.63) is 0 Å². The van der Waals surface area contributed by atoms with Crippen LogP contribution in [-0.4, -0.2) is 49.2 Å². The molecule has 0 aromatic rings. The number of nitrogens with zero attached hydrogens (tertiary/aromatic N) is 1. The standard InChI is InChI=1S/C15H28N2O2/c1-12(2)7-10-19-11-9-17-8-3-4-14(15(17)18)16-13-5-6-13/h12-14,16H,3-11H2,1-2H3. The average Bonchev–Trinajstić information content (AvgIpc) is 3.17. The molecule has 1 N–H and O–H groups in total. The normalized spacial score (nSPS) is 24.3. The van der Waals surface area contributed by atoms with Crippen molar-refractivity contribution < 1.29 is 9.53 Å². The molecule has 1 saturated heterocycles. The molecule has 1 saturated carbocycles. The topological polar surface area (TPSA) is 41.6 Å². The van der Waals surface area contributed by atoms with Crippen molar-refractivity contribution >= 4 is 5.91 Å². The molecule has 1 aliphatic heterocycles. The largest absolute Gasteiger partial charge is 0.380 e. The van der Waals surface area contributed by atoms with Gasteiger partial charge in [-0.15, -0.1) is 0 Å². The predicted octanol–water partition coefficient (Wildman–Crippen LogP) is 1.79. The number of hydrogen-bond donors (Lipinski definition) is 1. The number of nitrogens with one attached hydrogen (secondary N) is 1. The molecule has 0 radical (unpaired) electrons. The molecule has 1 atom stereocenters. The van der Waals surface area contributed by atoms with E-state index in [1.165, 1.54) is 12.8 Å². The zero-order valence-electron chi connectivity index (χ0n) is 12.4. The first-order chi connectivity index (χ1) is 9.16. The summed E-state index contributed by atoms with van der Waals surface area (Å²) in [6.45, 7) is 7.53. The van der Waals surface area contributed by atoms with Crippen molar-refractivity contribution in [2.75, 3.05) is 26.3 Å². The van der Waals surface area contributed by atoms with Crippen LogP contribution in [0.2, 0.25) is 0 Å². The van der Waals surface area contributed by atoms with E-state index in [0.717, 1.165) is 39.0 Å². The highest BCUT2D eigenvalue weighted by molar-refractivity contribution is 5.82. The molecule has 1 amide bonds. The lowest BCUT2D eigenvalue weighted by Gasteiger charge is -2.32. The first-order valence-corrected chi connectivity index (χ1v) is 7.79. The van der Waals surface area contributed by atoms with Gasteiger partial charge in [-0.2, -0.15) is 0 Å². The average molecular weight is 268 g/mol. The van der Waals surface area contributed by atoms with E-state index < -0.39 is 0 Å². The first kappa shape index (κ1) is 14.8. The Kier molecular flexibility index (Phi) is 5.64. The minimum atomic E-state index is 0.0666. The maximum Gasteiger partial charge on any atom is 0.239 e. The number of amides is 1. The van der Waals surface area contributed by atoms with Crippen molar-refractivity contribution in [3.8, 4) is 0 Å². The zero-order chi connectivity index (χ0) is 13.7. The second-order valence-electron chi connectivity index (χ2n) is 6.26. The molecule has 19 heavy (non-hydrogen) atoms. The first-order valence-electron chi connectivity index (χ1n) is 7.79. The van der Waals surface area contributed by atoms with Gasteiger partial charge in [-0.05, 0) is 38.0 Å². The Morgan fingerprint density at radius 2 is 2.11 bits per heavy atom. The Bertz CT molecular complexity index is 290. The summed E-state index contributed by atoms with van der Waals surface area (Å²) in [6, 6.07) is 0.674. The van der Waals surface area contributed by atoms with E-state index in [1.54, 1.807) is 0 Å². The highest BCUT2D eigenvalue weighted by Gasteiger charge is 2.32. The van der Waals surface area contributed by atoms with E-state index in [0.29, 0.717) is 18.6 Å². The number of carbonyl (C=O) groups is 1. The molecule has 2 fully saturated rings. The highest BCUT2D eigenvalue weighted by atomic mass is 16.5. The van der Waals surface area contributed by atoms with Gasteiger partial charge in [0.1, 0.15) is 0 Å². The van der Waals surface area contributed by atoms with Crippen LogP contribution < -0.4 is 5.32 Å². The highest BCUT2D eigenvalue weighted by Crippen LogP contribution is 2.22. The number of hydrogen-bond acceptors (Lipinski definition) is 3. The summed E-state index contributed by atoms with van der Waals surface area (Å²) in [5.74, 6) is 0.967. The van der Waals surface area contributed by atoms with Crippen LogP contribution in [0.3, 0.4) is 0 Å². The lowest BCUT2D eigenvalue weighted by molar-refractivity contribution is -0.136. The lowest BCUT2D eigenvalue weighted by Crippen LogP contribution is -2.52. The molecule has 110 valence electrons. The minimum absolute atomic E-state index is 0.0666. The summed E-state index contributed by atoms with van der Waals surface area (Å²) in [5, 5.41) is 3.46. The number of rotatable bonds is 8. The van der Waals surface area contributed by atoms with Gasteiger partial charge in [-0.3, -0.25) is 4.79 Å².